The highest BCUT2D eigenvalue weighted by Gasteiger charge is 1.92. The summed E-state index contributed by atoms with van der Waals surface area (Å²) >= 11 is -0.306. The van der Waals surface area contributed by atoms with Crippen molar-refractivity contribution in [2.75, 3.05) is 0 Å². The van der Waals surface area contributed by atoms with Crippen LogP contribution in [0.1, 0.15) is 59.3 Å². The maximum Gasteiger partial charge on any atom is 0.495 e. The van der Waals surface area contributed by atoms with Gasteiger partial charge in [0.1, 0.15) is 0 Å². The average Bonchev–Trinajstić information content (AvgIpc) is 2.05. The van der Waals surface area contributed by atoms with Crippen molar-refractivity contribution in [1.82, 2.24) is 0 Å². The summed E-state index contributed by atoms with van der Waals surface area (Å²) in [4.78, 5) is 0. The minimum atomic E-state index is -0.306. The topological polar surface area (TPSA) is 0 Å². The standard InChI is InChI=1S/C10H22.Al.2ClH/c1-4-5-6-7-8-9-10(2)3;;;/h10H,4-9H2,1-3H3;;2*1H/q;+2;;/p-2. The van der Waals surface area contributed by atoms with Crippen molar-refractivity contribution in [3.05, 3.63) is 0 Å². The fourth-order valence-electron chi connectivity index (χ4n) is 1.16. The molecule has 0 amide bonds. The van der Waals surface area contributed by atoms with E-state index >= 15 is 0 Å². The summed E-state index contributed by atoms with van der Waals surface area (Å²) in [7, 11) is 9.69. The van der Waals surface area contributed by atoms with Gasteiger partial charge in [-0.15, -0.1) is 0 Å². The zero-order valence-corrected chi connectivity index (χ0v) is 11.8. The third-order valence-electron chi connectivity index (χ3n) is 1.89. The summed E-state index contributed by atoms with van der Waals surface area (Å²) in [5, 5.41) is 0. The van der Waals surface area contributed by atoms with Crippen molar-refractivity contribution in [2.45, 2.75) is 59.3 Å². The van der Waals surface area contributed by atoms with Crippen molar-refractivity contribution >= 4 is 33.5 Å². The molecule has 0 aliphatic carbocycles. The van der Waals surface area contributed by atoms with Crippen LogP contribution in [-0.2, 0) is 0 Å². The van der Waals surface area contributed by atoms with E-state index in [0.29, 0.717) is 0 Å². The molecule has 0 spiro atoms. The minimum Gasteiger partial charge on any atom is -0.248 e. The van der Waals surface area contributed by atoms with Crippen LogP contribution >= 0.6 is 20.1 Å². The summed E-state index contributed by atoms with van der Waals surface area (Å²) in [6.07, 6.45) is 8.55. The van der Waals surface area contributed by atoms with Crippen molar-refractivity contribution in [1.29, 1.82) is 0 Å². The third kappa shape index (κ3) is 24.6. The molecule has 0 saturated heterocycles. The van der Waals surface area contributed by atoms with E-state index in [1.54, 1.807) is 0 Å². The molecule has 3 heteroatoms. The fourth-order valence-corrected chi connectivity index (χ4v) is 1.16. The fraction of sp³-hybridized carbons (Fsp3) is 1.00. The van der Waals surface area contributed by atoms with Gasteiger partial charge in [0.2, 0.25) is 0 Å². The van der Waals surface area contributed by atoms with Gasteiger partial charge in [0.05, 0.1) is 0 Å². The molecule has 0 aliphatic heterocycles. The van der Waals surface area contributed by atoms with Gasteiger partial charge in [-0.05, 0) is 5.92 Å². The van der Waals surface area contributed by atoms with Crippen LogP contribution in [0.3, 0.4) is 0 Å². The Kier molecular flexibility index (Phi) is 19.8. The second-order valence-corrected chi connectivity index (χ2v) is 5.82. The molecule has 0 rings (SSSR count). The molecule has 13 heavy (non-hydrogen) atoms. The Morgan fingerprint density at radius 2 is 1.46 bits per heavy atom. The lowest BCUT2D eigenvalue weighted by Gasteiger charge is -2.02. The van der Waals surface area contributed by atoms with E-state index < -0.39 is 0 Å². The molecule has 79 valence electrons. The molecule has 0 aliphatic rings. The zero-order chi connectivity index (χ0) is 10.5. The molecule has 0 nitrogen and oxygen atoms in total. The predicted molar refractivity (Wildman–Crippen MR) is 65.7 cm³/mol. The SMILES string of the molecule is CCCCCCCC(C)C.[Cl][Al][Cl]. The lowest BCUT2D eigenvalue weighted by molar-refractivity contribution is 0.518. The summed E-state index contributed by atoms with van der Waals surface area (Å²) in [6.45, 7) is 6.88. The van der Waals surface area contributed by atoms with Crippen molar-refractivity contribution in [2.24, 2.45) is 5.92 Å². The van der Waals surface area contributed by atoms with Crippen LogP contribution in [0.15, 0.2) is 0 Å². The Morgan fingerprint density at radius 3 is 1.85 bits per heavy atom. The third-order valence-corrected chi connectivity index (χ3v) is 1.89. The Labute approximate surface area is 98.5 Å². The second-order valence-electron chi connectivity index (χ2n) is 3.68. The van der Waals surface area contributed by atoms with Crippen molar-refractivity contribution < 1.29 is 0 Å². The second kappa shape index (κ2) is 15.6. The smallest absolute Gasteiger partial charge is 0.248 e. The van der Waals surface area contributed by atoms with E-state index in [4.69, 9.17) is 20.1 Å². The summed E-state index contributed by atoms with van der Waals surface area (Å²) in [5.41, 5.74) is 0. The van der Waals surface area contributed by atoms with E-state index in [1.165, 1.54) is 38.5 Å². The van der Waals surface area contributed by atoms with E-state index in [0.717, 1.165) is 5.92 Å². The molecular weight excluding hydrogens is 218 g/mol. The van der Waals surface area contributed by atoms with E-state index in [-0.39, 0.29) is 13.4 Å². The van der Waals surface area contributed by atoms with Crippen LogP contribution in [0.25, 0.3) is 0 Å². The van der Waals surface area contributed by atoms with E-state index in [1.807, 2.05) is 0 Å². The number of hydrogen-bond acceptors (Lipinski definition) is 0. The summed E-state index contributed by atoms with van der Waals surface area (Å²) < 4.78 is 0. The first-order valence-corrected chi connectivity index (χ1v) is 8.70. The van der Waals surface area contributed by atoms with Crippen LogP contribution < -0.4 is 0 Å². The van der Waals surface area contributed by atoms with Gasteiger partial charge >= 0.3 is 13.4 Å². The van der Waals surface area contributed by atoms with Gasteiger partial charge in [0, 0.05) is 0 Å². The van der Waals surface area contributed by atoms with Gasteiger partial charge in [-0.25, -0.2) is 20.1 Å². The number of hydrogen-bond donors (Lipinski definition) is 0. The highest BCUT2D eigenvalue weighted by molar-refractivity contribution is 7.22. The van der Waals surface area contributed by atoms with Gasteiger partial charge in [-0.1, -0.05) is 59.3 Å². The Balaban J connectivity index is 0. The van der Waals surface area contributed by atoms with Crippen molar-refractivity contribution in [3.8, 4) is 0 Å². The predicted octanol–water partition coefficient (Wildman–Crippen LogP) is 5.00. The van der Waals surface area contributed by atoms with Crippen LogP contribution in [0, 0.1) is 5.92 Å². The molecule has 0 aromatic rings. The van der Waals surface area contributed by atoms with Crippen molar-refractivity contribution in [3.63, 3.8) is 0 Å². The maximum atomic E-state index is 4.85. The van der Waals surface area contributed by atoms with Gasteiger partial charge in [0.15, 0.2) is 0 Å². The largest absolute Gasteiger partial charge is 0.495 e. The quantitative estimate of drug-likeness (QED) is 0.452. The molecule has 0 aromatic heterocycles. The lowest BCUT2D eigenvalue weighted by atomic mass is 10.0. The van der Waals surface area contributed by atoms with E-state index in [2.05, 4.69) is 20.8 Å². The number of halogens is 2. The average molecular weight is 240 g/mol. The van der Waals surface area contributed by atoms with Gasteiger partial charge in [-0.2, -0.15) is 0 Å². The first-order valence-electron chi connectivity index (χ1n) is 5.21. The molecule has 0 aromatic carbocycles. The number of rotatable bonds is 6. The molecule has 0 atom stereocenters. The van der Waals surface area contributed by atoms with E-state index in [9.17, 15) is 0 Å². The highest BCUT2D eigenvalue weighted by atomic mass is 35.7. The Bertz CT molecular complexity index is 77.3. The lowest BCUT2D eigenvalue weighted by Crippen LogP contribution is -1.86. The van der Waals surface area contributed by atoms with Crippen LogP contribution in [0.2, 0.25) is 0 Å². The molecular formula is C10H22AlCl2. The van der Waals surface area contributed by atoms with Crippen LogP contribution in [-0.4, -0.2) is 13.4 Å². The molecule has 0 bridgehead atoms. The van der Waals surface area contributed by atoms with Gasteiger partial charge in [0.25, 0.3) is 0 Å². The van der Waals surface area contributed by atoms with Gasteiger partial charge in [-0.3, -0.25) is 0 Å². The summed E-state index contributed by atoms with van der Waals surface area (Å²) in [6, 6.07) is 0. The Morgan fingerprint density at radius 1 is 1.00 bits per heavy atom. The summed E-state index contributed by atoms with van der Waals surface area (Å²) in [5.74, 6) is 0.904. The first kappa shape index (κ1) is 16.5. The molecule has 0 heterocycles. The van der Waals surface area contributed by atoms with Gasteiger partial charge < -0.3 is 0 Å². The Hall–Kier alpha value is 1.11. The molecule has 0 N–H and O–H groups in total. The highest BCUT2D eigenvalue weighted by Crippen LogP contribution is 2.09. The van der Waals surface area contributed by atoms with Crippen LogP contribution in [0.5, 0.6) is 0 Å². The monoisotopic (exact) mass is 239 g/mol. The normalized spacial score (nSPS) is 9.38. The molecule has 0 unspecified atom stereocenters. The molecule has 0 saturated carbocycles. The maximum absolute atomic E-state index is 4.85. The van der Waals surface area contributed by atoms with Crippen LogP contribution in [0.4, 0.5) is 0 Å². The first-order chi connectivity index (χ1) is 6.18. The zero-order valence-electron chi connectivity index (χ0n) is 9.15. The minimum absolute atomic E-state index is 0.306. The number of unbranched alkanes of at least 4 members (excludes halogenated alkanes) is 4. The molecule has 0 fully saturated rings. The molecule has 1 radical (unpaired) electrons.